The lowest BCUT2D eigenvalue weighted by molar-refractivity contribution is 0.415. The van der Waals surface area contributed by atoms with Crippen molar-refractivity contribution in [3.63, 3.8) is 0 Å². The molecule has 0 atom stereocenters. The quantitative estimate of drug-likeness (QED) is 0.230. The lowest BCUT2D eigenvalue weighted by Crippen LogP contribution is -1.87. The molecule has 8 rings (SSSR count). The molecule has 170 valence electrons. The molecule has 0 aliphatic rings. The van der Waals surface area contributed by atoms with E-state index >= 15 is 0 Å². The van der Waals surface area contributed by atoms with Crippen molar-refractivity contribution in [2.75, 3.05) is 7.11 Å². The summed E-state index contributed by atoms with van der Waals surface area (Å²) in [6.07, 6.45) is 0. The molecular weight excluding hydrogens is 460 g/mol. The van der Waals surface area contributed by atoms with Gasteiger partial charge in [-0.1, -0.05) is 48.5 Å². The number of benzene rings is 6. The van der Waals surface area contributed by atoms with Gasteiger partial charge in [-0.2, -0.15) is 0 Å². The first-order valence-electron chi connectivity index (χ1n) is 12.0. The topological polar surface area (TPSA) is 22.4 Å². The van der Waals surface area contributed by atoms with Gasteiger partial charge < -0.3 is 9.15 Å². The van der Waals surface area contributed by atoms with E-state index in [-0.39, 0.29) is 0 Å². The number of methoxy groups -OCH3 is 1. The zero-order chi connectivity index (χ0) is 23.8. The van der Waals surface area contributed by atoms with Gasteiger partial charge in [-0.15, -0.1) is 11.3 Å². The Morgan fingerprint density at radius 3 is 2.19 bits per heavy atom. The van der Waals surface area contributed by atoms with Crippen LogP contribution in [-0.2, 0) is 0 Å². The molecule has 0 aliphatic carbocycles. The van der Waals surface area contributed by atoms with Crippen molar-refractivity contribution in [2.45, 2.75) is 0 Å². The van der Waals surface area contributed by atoms with Gasteiger partial charge in [0.05, 0.1) is 7.11 Å². The summed E-state index contributed by atoms with van der Waals surface area (Å²) in [7, 11) is 1.71. The van der Waals surface area contributed by atoms with Crippen molar-refractivity contribution in [3.8, 4) is 16.9 Å². The lowest BCUT2D eigenvalue weighted by atomic mass is 9.91. The molecule has 2 nitrogen and oxygen atoms in total. The zero-order valence-corrected chi connectivity index (χ0v) is 20.4. The Balaban J connectivity index is 1.55. The van der Waals surface area contributed by atoms with Crippen LogP contribution in [-0.4, -0.2) is 7.11 Å². The van der Waals surface area contributed by atoms with Gasteiger partial charge in [-0.3, -0.25) is 0 Å². The van der Waals surface area contributed by atoms with E-state index in [2.05, 4.69) is 78.9 Å². The number of fused-ring (bicyclic) bond motifs is 9. The van der Waals surface area contributed by atoms with Gasteiger partial charge in [0.15, 0.2) is 0 Å². The second-order valence-electron chi connectivity index (χ2n) is 9.31. The summed E-state index contributed by atoms with van der Waals surface area (Å²) in [6, 6.07) is 37.0. The molecule has 2 heterocycles. The number of hydrogen-bond donors (Lipinski definition) is 0. The molecule has 3 heteroatoms. The lowest BCUT2D eigenvalue weighted by Gasteiger charge is -2.13. The van der Waals surface area contributed by atoms with Crippen LogP contribution in [0, 0.1) is 0 Å². The van der Waals surface area contributed by atoms with Gasteiger partial charge in [-0.25, -0.2) is 0 Å². The second kappa shape index (κ2) is 7.33. The minimum absolute atomic E-state index is 0.860. The molecular formula is C33H20O2S. The predicted molar refractivity (Wildman–Crippen MR) is 154 cm³/mol. The summed E-state index contributed by atoms with van der Waals surface area (Å²) in [5.41, 5.74) is 4.24. The fourth-order valence-electron chi connectivity index (χ4n) is 5.60. The minimum Gasteiger partial charge on any atom is -0.497 e. The molecule has 0 saturated heterocycles. The SMILES string of the molecule is COc1ccc(-c2cc3cc4oc5ccccc5c4cc3c3cc4sc5ccccc5c4cc23)cc1. The summed E-state index contributed by atoms with van der Waals surface area (Å²) in [5, 5.41) is 9.91. The van der Waals surface area contributed by atoms with Crippen molar-refractivity contribution >= 4 is 75.0 Å². The zero-order valence-electron chi connectivity index (χ0n) is 19.5. The van der Waals surface area contributed by atoms with Gasteiger partial charge >= 0.3 is 0 Å². The molecule has 0 saturated carbocycles. The molecule has 8 aromatic rings. The van der Waals surface area contributed by atoms with E-state index in [1.54, 1.807) is 7.11 Å². The van der Waals surface area contributed by atoms with E-state index in [9.17, 15) is 0 Å². The van der Waals surface area contributed by atoms with Gasteiger partial charge in [0.25, 0.3) is 0 Å². The monoisotopic (exact) mass is 480 g/mol. The van der Waals surface area contributed by atoms with Crippen molar-refractivity contribution in [1.29, 1.82) is 0 Å². The van der Waals surface area contributed by atoms with Crippen molar-refractivity contribution in [1.82, 2.24) is 0 Å². The van der Waals surface area contributed by atoms with E-state index in [4.69, 9.17) is 9.15 Å². The van der Waals surface area contributed by atoms with Gasteiger partial charge in [0.2, 0.25) is 0 Å². The Morgan fingerprint density at radius 1 is 0.556 bits per heavy atom. The van der Waals surface area contributed by atoms with Crippen LogP contribution in [0.25, 0.3) is 74.8 Å². The van der Waals surface area contributed by atoms with E-state index in [0.717, 1.165) is 27.7 Å². The highest BCUT2D eigenvalue weighted by Crippen LogP contribution is 2.43. The molecule has 2 aromatic heterocycles. The van der Waals surface area contributed by atoms with Crippen LogP contribution in [0.4, 0.5) is 0 Å². The van der Waals surface area contributed by atoms with E-state index in [1.165, 1.54) is 52.8 Å². The van der Waals surface area contributed by atoms with E-state index in [1.807, 2.05) is 35.6 Å². The minimum atomic E-state index is 0.860. The molecule has 0 fully saturated rings. The van der Waals surface area contributed by atoms with Crippen LogP contribution < -0.4 is 4.74 Å². The first-order valence-corrected chi connectivity index (χ1v) is 12.9. The van der Waals surface area contributed by atoms with E-state index < -0.39 is 0 Å². The number of thiophene rings is 1. The molecule has 0 amide bonds. The highest BCUT2D eigenvalue weighted by Gasteiger charge is 2.16. The molecule has 0 radical (unpaired) electrons. The smallest absolute Gasteiger partial charge is 0.136 e. The number of para-hydroxylation sites is 1. The highest BCUT2D eigenvalue weighted by atomic mass is 32.1. The number of rotatable bonds is 2. The summed E-state index contributed by atoms with van der Waals surface area (Å²) < 4.78 is 14.3. The Bertz CT molecular complexity index is 2130. The summed E-state index contributed by atoms with van der Waals surface area (Å²) in [5.74, 6) is 0.860. The third kappa shape index (κ3) is 2.78. The molecule has 0 N–H and O–H groups in total. The number of furan rings is 1. The van der Waals surface area contributed by atoms with Crippen LogP contribution >= 0.6 is 11.3 Å². The third-order valence-electron chi connectivity index (χ3n) is 7.35. The summed E-state index contributed by atoms with van der Waals surface area (Å²) >= 11 is 1.86. The first-order chi connectivity index (χ1) is 17.8. The van der Waals surface area contributed by atoms with Gasteiger partial charge in [0, 0.05) is 30.9 Å². The summed E-state index contributed by atoms with van der Waals surface area (Å²) in [4.78, 5) is 0. The average Bonchev–Trinajstić information content (AvgIpc) is 3.48. The largest absolute Gasteiger partial charge is 0.497 e. The predicted octanol–water partition coefficient (Wildman–Crippen LogP) is 9.94. The molecule has 0 bridgehead atoms. The van der Waals surface area contributed by atoms with Crippen molar-refractivity contribution in [3.05, 3.63) is 103 Å². The second-order valence-corrected chi connectivity index (χ2v) is 10.4. The maximum Gasteiger partial charge on any atom is 0.136 e. The molecule has 0 aliphatic heterocycles. The van der Waals surface area contributed by atoms with Crippen molar-refractivity contribution in [2.24, 2.45) is 0 Å². The molecule has 6 aromatic carbocycles. The standard InChI is InChI=1S/C33H20O2S/c1-34-21-12-10-19(11-13-21)24-14-20-15-31-28(22-6-2-4-8-30(22)35-31)16-25(20)27-18-33-29(17-26(24)27)23-7-3-5-9-32(23)36-33/h2-18H,1H3. The average molecular weight is 481 g/mol. The van der Waals surface area contributed by atoms with Crippen LogP contribution in [0.1, 0.15) is 0 Å². The Hall–Kier alpha value is -4.34. The first kappa shape index (κ1) is 19.9. The Morgan fingerprint density at radius 2 is 1.33 bits per heavy atom. The van der Waals surface area contributed by atoms with Crippen molar-refractivity contribution < 1.29 is 9.15 Å². The maximum absolute atomic E-state index is 6.24. The number of ether oxygens (including phenoxy) is 1. The third-order valence-corrected chi connectivity index (χ3v) is 8.48. The fraction of sp³-hybridized carbons (Fsp3) is 0.0303. The Kier molecular flexibility index (Phi) is 4.05. The van der Waals surface area contributed by atoms with Gasteiger partial charge in [0.1, 0.15) is 16.9 Å². The van der Waals surface area contributed by atoms with Crippen LogP contribution in [0.3, 0.4) is 0 Å². The molecule has 0 unspecified atom stereocenters. The number of hydrogen-bond acceptors (Lipinski definition) is 3. The van der Waals surface area contributed by atoms with Crippen LogP contribution in [0.5, 0.6) is 5.75 Å². The maximum atomic E-state index is 6.24. The normalized spacial score (nSPS) is 12.0. The fourth-order valence-corrected chi connectivity index (χ4v) is 6.73. The van der Waals surface area contributed by atoms with Crippen LogP contribution in [0.15, 0.2) is 108 Å². The van der Waals surface area contributed by atoms with E-state index in [0.29, 0.717) is 0 Å². The highest BCUT2D eigenvalue weighted by molar-refractivity contribution is 7.25. The van der Waals surface area contributed by atoms with Gasteiger partial charge in [-0.05, 0) is 87.3 Å². The van der Waals surface area contributed by atoms with Crippen LogP contribution in [0.2, 0.25) is 0 Å². The summed E-state index contributed by atoms with van der Waals surface area (Å²) in [6.45, 7) is 0. The molecule has 36 heavy (non-hydrogen) atoms. The molecule has 0 spiro atoms. The Labute approximate surface area is 210 Å².